The van der Waals surface area contributed by atoms with Gasteiger partial charge in [0, 0.05) is 18.9 Å². The molecule has 8 nitrogen and oxygen atoms in total. The van der Waals surface area contributed by atoms with Crippen molar-refractivity contribution in [2.45, 2.75) is 39.2 Å². The summed E-state index contributed by atoms with van der Waals surface area (Å²) in [4.78, 5) is 29.6. The normalized spacial score (nSPS) is 18.7. The maximum Gasteiger partial charge on any atom is 0.436 e. The Bertz CT molecular complexity index is 552. The van der Waals surface area contributed by atoms with E-state index < -0.39 is 11.7 Å². The fourth-order valence-corrected chi connectivity index (χ4v) is 2.27. The number of rotatable bonds is 3. The van der Waals surface area contributed by atoms with E-state index in [-0.39, 0.29) is 24.1 Å². The van der Waals surface area contributed by atoms with Gasteiger partial charge in [-0.25, -0.2) is 4.79 Å². The van der Waals surface area contributed by atoms with Gasteiger partial charge in [0.25, 0.3) is 5.88 Å². The van der Waals surface area contributed by atoms with Crippen LogP contribution in [0.2, 0.25) is 0 Å². The van der Waals surface area contributed by atoms with Gasteiger partial charge in [-0.15, -0.1) is 4.68 Å². The van der Waals surface area contributed by atoms with E-state index in [1.807, 2.05) is 0 Å². The molecule has 0 aromatic carbocycles. The van der Waals surface area contributed by atoms with Crippen LogP contribution in [-0.4, -0.2) is 45.9 Å². The average Bonchev–Trinajstić information content (AvgIpc) is 2.75. The highest BCUT2D eigenvalue weighted by Crippen LogP contribution is 2.28. The standard InChI is InChI=1S/C13H21N3O5/c1-13(2,3)21-12(19)15-9(11(18)16(15)20-4)7-8-5-6-14-10(8)17/h8,18H,5-7H2,1-4H3,(H,14,17). The Morgan fingerprint density at radius 2 is 2.14 bits per heavy atom. The molecular weight excluding hydrogens is 278 g/mol. The molecule has 8 heteroatoms. The Labute approximate surface area is 122 Å². The van der Waals surface area contributed by atoms with Gasteiger partial charge < -0.3 is 20.0 Å². The number of nitrogens with zero attached hydrogens (tertiary/aromatic N) is 2. The van der Waals surface area contributed by atoms with Crippen LogP contribution in [0.4, 0.5) is 4.79 Å². The zero-order chi connectivity index (χ0) is 15.8. The second-order valence-electron chi connectivity index (χ2n) is 6.00. The maximum atomic E-state index is 12.2. The van der Waals surface area contributed by atoms with E-state index in [9.17, 15) is 14.7 Å². The zero-order valence-electron chi connectivity index (χ0n) is 12.7. The lowest BCUT2D eigenvalue weighted by atomic mass is 10.0. The Kier molecular flexibility index (Phi) is 3.89. The van der Waals surface area contributed by atoms with Crippen molar-refractivity contribution in [1.82, 2.24) is 14.8 Å². The summed E-state index contributed by atoms with van der Waals surface area (Å²) in [6.45, 7) is 5.85. The monoisotopic (exact) mass is 299 g/mol. The van der Waals surface area contributed by atoms with E-state index in [0.717, 1.165) is 9.53 Å². The van der Waals surface area contributed by atoms with Crippen LogP contribution in [0.5, 0.6) is 5.88 Å². The number of nitrogens with one attached hydrogen (secondary N) is 1. The molecule has 0 spiro atoms. The Morgan fingerprint density at radius 3 is 2.62 bits per heavy atom. The zero-order valence-corrected chi connectivity index (χ0v) is 12.7. The summed E-state index contributed by atoms with van der Waals surface area (Å²) in [5.41, 5.74) is -0.342. The van der Waals surface area contributed by atoms with Crippen molar-refractivity contribution in [3.8, 4) is 5.88 Å². The summed E-state index contributed by atoms with van der Waals surface area (Å²) >= 11 is 0. The van der Waals surface area contributed by atoms with Gasteiger partial charge in [0.05, 0.1) is 0 Å². The molecule has 1 unspecified atom stereocenters. The van der Waals surface area contributed by atoms with Gasteiger partial charge in [-0.3, -0.25) is 4.79 Å². The summed E-state index contributed by atoms with van der Waals surface area (Å²) in [7, 11) is 1.33. The van der Waals surface area contributed by atoms with E-state index in [4.69, 9.17) is 9.57 Å². The molecular formula is C13H21N3O5. The van der Waals surface area contributed by atoms with Crippen molar-refractivity contribution in [1.29, 1.82) is 0 Å². The number of amides is 1. The van der Waals surface area contributed by atoms with Crippen LogP contribution < -0.4 is 10.2 Å². The predicted molar refractivity (Wildman–Crippen MR) is 73.0 cm³/mol. The lowest BCUT2D eigenvalue weighted by Gasteiger charge is -2.28. The SMILES string of the molecule is COn1c(O)c(CC2CCNC2=O)n1C(=O)OC(C)(C)C. The van der Waals surface area contributed by atoms with Crippen LogP contribution in [0, 0.1) is 5.92 Å². The first-order valence-corrected chi connectivity index (χ1v) is 6.81. The summed E-state index contributed by atoms with van der Waals surface area (Å²) in [5, 5.41) is 12.7. The van der Waals surface area contributed by atoms with Crippen molar-refractivity contribution in [3.63, 3.8) is 0 Å². The third-order valence-corrected chi connectivity index (χ3v) is 3.22. The fraction of sp³-hybridized carbons (Fsp3) is 0.692. The van der Waals surface area contributed by atoms with E-state index in [0.29, 0.717) is 18.7 Å². The number of aromatic nitrogens is 2. The lowest BCUT2D eigenvalue weighted by molar-refractivity contribution is -0.122. The number of carbonyl (C=O) groups excluding carboxylic acids is 2. The van der Waals surface area contributed by atoms with Gasteiger partial charge in [0.1, 0.15) is 18.4 Å². The first-order chi connectivity index (χ1) is 9.74. The molecule has 0 aliphatic carbocycles. The Hall–Kier alpha value is -2.12. The van der Waals surface area contributed by atoms with E-state index in [1.165, 1.54) is 7.11 Å². The van der Waals surface area contributed by atoms with Crippen molar-refractivity contribution in [3.05, 3.63) is 5.69 Å². The van der Waals surface area contributed by atoms with Gasteiger partial charge >= 0.3 is 6.09 Å². The van der Waals surface area contributed by atoms with Crippen molar-refractivity contribution in [2.24, 2.45) is 5.92 Å². The van der Waals surface area contributed by atoms with Crippen LogP contribution in [-0.2, 0) is 16.0 Å². The van der Waals surface area contributed by atoms with Crippen molar-refractivity contribution >= 4 is 12.0 Å². The molecule has 1 aliphatic heterocycles. The van der Waals surface area contributed by atoms with Gasteiger partial charge in [0.2, 0.25) is 5.91 Å². The van der Waals surface area contributed by atoms with E-state index in [1.54, 1.807) is 20.8 Å². The minimum atomic E-state index is -0.669. The van der Waals surface area contributed by atoms with Crippen LogP contribution in [0.1, 0.15) is 32.9 Å². The molecule has 0 radical (unpaired) electrons. The molecule has 1 amide bonds. The van der Waals surface area contributed by atoms with Crippen LogP contribution in [0.15, 0.2) is 0 Å². The molecule has 21 heavy (non-hydrogen) atoms. The van der Waals surface area contributed by atoms with Gasteiger partial charge in [-0.2, -0.15) is 0 Å². The molecule has 1 aromatic rings. The van der Waals surface area contributed by atoms with Gasteiger partial charge in [0.15, 0.2) is 0 Å². The quantitative estimate of drug-likeness (QED) is 0.848. The maximum absolute atomic E-state index is 12.2. The fourth-order valence-electron chi connectivity index (χ4n) is 2.27. The van der Waals surface area contributed by atoms with E-state index >= 15 is 0 Å². The number of ether oxygens (including phenoxy) is 1. The summed E-state index contributed by atoms with van der Waals surface area (Å²) in [5.74, 6) is -0.510. The Morgan fingerprint density at radius 1 is 1.48 bits per heavy atom. The number of aromatic hydroxyl groups is 1. The molecule has 0 saturated carbocycles. The molecule has 118 valence electrons. The number of hydrogen-bond donors (Lipinski definition) is 2. The molecule has 0 bridgehead atoms. The summed E-state index contributed by atoms with van der Waals surface area (Å²) in [6.07, 6.45) is 0.275. The summed E-state index contributed by atoms with van der Waals surface area (Å²) < 4.78 is 6.37. The molecule has 1 aliphatic rings. The molecule has 1 aromatic heterocycles. The van der Waals surface area contributed by atoms with Gasteiger partial charge in [-0.1, -0.05) is 4.85 Å². The average molecular weight is 299 g/mol. The lowest BCUT2D eigenvalue weighted by Crippen LogP contribution is -2.40. The second-order valence-corrected chi connectivity index (χ2v) is 6.00. The van der Waals surface area contributed by atoms with Crippen molar-refractivity contribution in [2.75, 3.05) is 13.7 Å². The Balaban J connectivity index is 2.22. The predicted octanol–water partition coefficient (Wildman–Crippen LogP) is 0.515. The third kappa shape index (κ3) is 2.98. The first-order valence-electron chi connectivity index (χ1n) is 6.81. The number of hydrogen-bond acceptors (Lipinski definition) is 5. The molecule has 2 rings (SSSR count). The van der Waals surface area contributed by atoms with Crippen molar-refractivity contribution < 1.29 is 24.3 Å². The highest BCUT2D eigenvalue weighted by atomic mass is 16.7. The topological polar surface area (TPSA) is 94.7 Å². The largest absolute Gasteiger partial charge is 0.490 e. The second kappa shape index (κ2) is 5.34. The molecule has 1 fully saturated rings. The van der Waals surface area contributed by atoms with Crippen LogP contribution in [0.25, 0.3) is 0 Å². The third-order valence-electron chi connectivity index (χ3n) is 3.22. The minimum Gasteiger partial charge on any atom is -0.490 e. The van der Waals surface area contributed by atoms with Gasteiger partial charge in [-0.05, 0) is 27.2 Å². The molecule has 2 N–H and O–H groups in total. The highest BCUT2D eigenvalue weighted by molar-refractivity contribution is 5.81. The highest BCUT2D eigenvalue weighted by Gasteiger charge is 2.34. The molecule has 1 atom stereocenters. The van der Waals surface area contributed by atoms with Crippen LogP contribution >= 0.6 is 0 Å². The smallest absolute Gasteiger partial charge is 0.436 e. The minimum absolute atomic E-state index is 0.0738. The summed E-state index contributed by atoms with van der Waals surface area (Å²) in [6, 6.07) is 0. The van der Waals surface area contributed by atoms with E-state index in [2.05, 4.69) is 5.32 Å². The number of carbonyl (C=O) groups is 2. The molecule has 1 saturated heterocycles. The van der Waals surface area contributed by atoms with Crippen LogP contribution in [0.3, 0.4) is 0 Å². The first kappa shape index (κ1) is 15.3. The molecule has 2 heterocycles.